The van der Waals surface area contributed by atoms with E-state index in [1.54, 1.807) is 12.1 Å². The minimum Gasteiger partial charge on any atom is -0.317 e. The van der Waals surface area contributed by atoms with Gasteiger partial charge < -0.3 is 9.80 Å². The summed E-state index contributed by atoms with van der Waals surface area (Å²) in [5, 5.41) is 0. The van der Waals surface area contributed by atoms with Crippen LogP contribution in [-0.2, 0) is 0 Å². The quantitative estimate of drug-likeness (QED) is 0.486. The first-order chi connectivity index (χ1) is 15.7. The van der Waals surface area contributed by atoms with Gasteiger partial charge in [-0.3, -0.25) is 9.59 Å². The standard InChI is InChI=1S/C29H28N2O2/c1-16-11-18(3)24(19(4)12-16)30-15-31(25-20(5)13-17(2)14-21(25)6)27-26(30)28(32)22-9-7-8-10-23(22)29(27)33/h7-14H,15H2,1-6H3. The Kier molecular flexibility index (Phi) is 4.78. The number of hydrogen-bond acceptors (Lipinski definition) is 4. The minimum absolute atomic E-state index is 0.0931. The summed E-state index contributed by atoms with van der Waals surface area (Å²) in [6.07, 6.45) is 0. The molecule has 4 heteroatoms. The Balaban J connectivity index is 1.79. The molecule has 0 unspecified atom stereocenters. The summed E-state index contributed by atoms with van der Waals surface area (Å²) < 4.78 is 0. The second kappa shape index (κ2) is 7.45. The van der Waals surface area contributed by atoms with Crippen LogP contribution in [0.1, 0.15) is 54.1 Å². The predicted molar refractivity (Wildman–Crippen MR) is 133 cm³/mol. The Labute approximate surface area is 195 Å². The van der Waals surface area contributed by atoms with Crippen molar-refractivity contribution < 1.29 is 9.59 Å². The number of aryl methyl sites for hydroxylation is 6. The predicted octanol–water partition coefficient (Wildman–Crippen LogP) is 6.11. The van der Waals surface area contributed by atoms with E-state index in [-0.39, 0.29) is 11.6 Å². The molecule has 3 aromatic rings. The van der Waals surface area contributed by atoms with Gasteiger partial charge in [-0.05, 0) is 63.8 Å². The molecule has 1 aliphatic carbocycles. The summed E-state index contributed by atoms with van der Waals surface area (Å²) in [5.74, 6) is -0.186. The summed E-state index contributed by atoms with van der Waals surface area (Å²) in [5.41, 5.74) is 10.7. The van der Waals surface area contributed by atoms with Gasteiger partial charge in [0.05, 0.1) is 0 Å². The number of benzene rings is 3. The zero-order valence-electron chi connectivity index (χ0n) is 20.0. The Morgan fingerprint density at radius 1 is 0.576 bits per heavy atom. The van der Waals surface area contributed by atoms with E-state index in [1.165, 1.54) is 11.1 Å². The highest BCUT2D eigenvalue weighted by molar-refractivity contribution is 6.30. The van der Waals surface area contributed by atoms with Crippen LogP contribution in [-0.4, -0.2) is 18.2 Å². The third-order valence-corrected chi connectivity index (χ3v) is 6.70. The van der Waals surface area contributed by atoms with Crippen molar-refractivity contribution in [1.29, 1.82) is 0 Å². The van der Waals surface area contributed by atoms with Gasteiger partial charge in [0, 0.05) is 22.5 Å². The molecule has 0 bridgehead atoms. The van der Waals surface area contributed by atoms with Crippen molar-refractivity contribution in [2.75, 3.05) is 16.5 Å². The van der Waals surface area contributed by atoms with Crippen molar-refractivity contribution in [2.45, 2.75) is 41.5 Å². The van der Waals surface area contributed by atoms with Crippen molar-refractivity contribution in [1.82, 2.24) is 0 Å². The lowest BCUT2D eigenvalue weighted by atomic mass is 9.89. The lowest BCUT2D eigenvalue weighted by molar-refractivity contribution is 0.0975. The Morgan fingerprint density at radius 2 is 0.909 bits per heavy atom. The van der Waals surface area contributed by atoms with Crippen LogP contribution in [0.2, 0.25) is 0 Å². The van der Waals surface area contributed by atoms with Crippen LogP contribution in [0.15, 0.2) is 59.9 Å². The van der Waals surface area contributed by atoms with Gasteiger partial charge in [0.2, 0.25) is 11.6 Å². The highest BCUT2D eigenvalue weighted by atomic mass is 16.1. The minimum atomic E-state index is -0.0931. The summed E-state index contributed by atoms with van der Waals surface area (Å²) in [6, 6.07) is 15.7. The topological polar surface area (TPSA) is 40.6 Å². The van der Waals surface area contributed by atoms with Crippen molar-refractivity contribution in [2.24, 2.45) is 0 Å². The SMILES string of the molecule is Cc1cc(C)c(N2CN(c3c(C)cc(C)cc3C)C3=C2C(=O)c2ccccc2C3=O)c(C)c1. The molecule has 1 aliphatic heterocycles. The van der Waals surface area contributed by atoms with Gasteiger partial charge in [-0.15, -0.1) is 0 Å². The largest absolute Gasteiger partial charge is 0.317 e. The van der Waals surface area contributed by atoms with Crippen LogP contribution in [0.25, 0.3) is 0 Å². The van der Waals surface area contributed by atoms with Crippen LogP contribution >= 0.6 is 0 Å². The van der Waals surface area contributed by atoms with Crippen LogP contribution in [0.4, 0.5) is 11.4 Å². The number of nitrogens with zero attached hydrogens (tertiary/aromatic N) is 2. The molecule has 0 radical (unpaired) electrons. The van der Waals surface area contributed by atoms with Gasteiger partial charge in [-0.2, -0.15) is 0 Å². The number of hydrogen-bond donors (Lipinski definition) is 0. The number of carbonyl (C=O) groups is 2. The molecule has 0 aromatic heterocycles. The van der Waals surface area contributed by atoms with E-state index in [1.807, 2.05) is 21.9 Å². The smallest absolute Gasteiger partial charge is 0.212 e. The summed E-state index contributed by atoms with van der Waals surface area (Å²) >= 11 is 0. The van der Waals surface area contributed by atoms with Crippen molar-refractivity contribution in [3.63, 3.8) is 0 Å². The van der Waals surface area contributed by atoms with E-state index >= 15 is 0 Å². The maximum absolute atomic E-state index is 13.8. The zero-order valence-corrected chi connectivity index (χ0v) is 20.0. The maximum atomic E-state index is 13.8. The van der Waals surface area contributed by atoms with Crippen LogP contribution in [0.5, 0.6) is 0 Å². The first kappa shape index (κ1) is 21.2. The molecule has 0 amide bonds. The van der Waals surface area contributed by atoms with E-state index < -0.39 is 0 Å². The number of rotatable bonds is 2. The van der Waals surface area contributed by atoms with E-state index in [0.29, 0.717) is 29.2 Å². The number of allylic oxidation sites excluding steroid dienone is 2. The third-order valence-electron chi connectivity index (χ3n) is 6.70. The number of fused-ring (bicyclic) bond motifs is 1. The molecule has 166 valence electrons. The highest BCUT2D eigenvalue weighted by Gasteiger charge is 2.44. The van der Waals surface area contributed by atoms with Crippen molar-refractivity contribution in [3.8, 4) is 0 Å². The molecule has 0 atom stereocenters. The molecule has 1 heterocycles. The fourth-order valence-electron chi connectivity index (χ4n) is 5.69. The molecule has 4 nitrogen and oxygen atoms in total. The van der Waals surface area contributed by atoms with Crippen LogP contribution < -0.4 is 9.80 Å². The van der Waals surface area contributed by atoms with Gasteiger partial charge in [0.15, 0.2) is 0 Å². The van der Waals surface area contributed by atoms with Crippen LogP contribution in [0.3, 0.4) is 0 Å². The molecule has 3 aromatic carbocycles. The van der Waals surface area contributed by atoms with Gasteiger partial charge in [0.25, 0.3) is 0 Å². The maximum Gasteiger partial charge on any atom is 0.212 e. The molecule has 2 aliphatic rings. The third kappa shape index (κ3) is 3.12. The number of Topliss-reactive ketones (excluding diaryl/α,β-unsaturated/α-hetero) is 2. The fourth-order valence-corrected chi connectivity index (χ4v) is 5.69. The summed E-state index contributed by atoms with van der Waals surface area (Å²) in [7, 11) is 0. The normalized spacial score (nSPS) is 15.3. The molecule has 0 saturated carbocycles. The van der Waals surface area contributed by atoms with E-state index in [9.17, 15) is 9.59 Å². The van der Waals surface area contributed by atoms with Gasteiger partial charge >= 0.3 is 0 Å². The van der Waals surface area contributed by atoms with E-state index in [2.05, 4.69) is 65.8 Å². The average Bonchev–Trinajstić information content (AvgIpc) is 3.10. The molecule has 0 N–H and O–H groups in total. The van der Waals surface area contributed by atoms with Crippen molar-refractivity contribution >= 4 is 22.9 Å². The summed E-state index contributed by atoms with van der Waals surface area (Å²) in [4.78, 5) is 31.8. The molecule has 5 rings (SSSR count). The molecular formula is C29H28N2O2. The fraction of sp³-hybridized carbons (Fsp3) is 0.241. The van der Waals surface area contributed by atoms with Crippen molar-refractivity contribution in [3.05, 3.63) is 104 Å². The molecule has 33 heavy (non-hydrogen) atoms. The molecule has 0 fully saturated rings. The second-order valence-electron chi connectivity index (χ2n) is 9.39. The number of carbonyl (C=O) groups excluding carboxylic acids is 2. The molecule has 0 spiro atoms. The van der Waals surface area contributed by atoms with Crippen LogP contribution in [0, 0.1) is 41.5 Å². The number of ketones is 2. The Morgan fingerprint density at radius 3 is 1.24 bits per heavy atom. The van der Waals surface area contributed by atoms with Gasteiger partial charge in [-0.25, -0.2) is 0 Å². The molecular weight excluding hydrogens is 408 g/mol. The first-order valence-electron chi connectivity index (χ1n) is 11.3. The molecule has 0 saturated heterocycles. The second-order valence-corrected chi connectivity index (χ2v) is 9.39. The Bertz CT molecular complexity index is 1250. The lowest BCUT2D eigenvalue weighted by Gasteiger charge is -2.28. The first-order valence-corrected chi connectivity index (χ1v) is 11.3. The number of anilines is 2. The van der Waals surface area contributed by atoms with Gasteiger partial charge in [0.1, 0.15) is 18.1 Å². The highest BCUT2D eigenvalue weighted by Crippen LogP contribution is 2.43. The monoisotopic (exact) mass is 436 g/mol. The van der Waals surface area contributed by atoms with E-state index in [4.69, 9.17) is 0 Å². The Hall–Kier alpha value is -3.66. The zero-order chi connectivity index (χ0) is 23.6. The van der Waals surface area contributed by atoms with Gasteiger partial charge in [-0.1, -0.05) is 59.7 Å². The van der Waals surface area contributed by atoms with E-state index in [0.717, 1.165) is 33.6 Å². The lowest BCUT2D eigenvalue weighted by Crippen LogP contribution is -2.31. The summed E-state index contributed by atoms with van der Waals surface area (Å²) in [6.45, 7) is 12.9. The average molecular weight is 437 g/mol.